The molecule has 0 unspecified atom stereocenters. The van der Waals surface area contributed by atoms with E-state index in [-0.39, 0.29) is 12.3 Å². The number of aryl methyl sites for hydroxylation is 1. The fourth-order valence-corrected chi connectivity index (χ4v) is 3.02. The third-order valence-electron chi connectivity index (χ3n) is 3.89. The van der Waals surface area contributed by atoms with Gasteiger partial charge >= 0.3 is 0 Å². The molecule has 24 heavy (non-hydrogen) atoms. The van der Waals surface area contributed by atoms with E-state index in [9.17, 15) is 4.79 Å². The number of amides is 1. The molecule has 1 amide bonds. The van der Waals surface area contributed by atoms with Crippen LogP contribution in [0.5, 0.6) is 5.75 Å². The molecule has 6 heteroatoms. The molecule has 3 rings (SSSR count). The van der Waals surface area contributed by atoms with Gasteiger partial charge in [-0.1, -0.05) is 29.3 Å². The van der Waals surface area contributed by atoms with Crippen molar-refractivity contribution in [3.8, 4) is 5.75 Å². The van der Waals surface area contributed by atoms with E-state index in [0.29, 0.717) is 15.7 Å². The van der Waals surface area contributed by atoms with Crippen molar-refractivity contribution in [2.45, 2.75) is 13.3 Å². The van der Waals surface area contributed by atoms with Gasteiger partial charge in [0.2, 0.25) is 5.91 Å². The third kappa shape index (κ3) is 3.21. The summed E-state index contributed by atoms with van der Waals surface area (Å²) in [7, 11) is 1.62. The monoisotopic (exact) mass is 362 g/mol. The smallest absolute Gasteiger partial charge is 0.228 e. The predicted molar refractivity (Wildman–Crippen MR) is 98.4 cm³/mol. The molecule has 0 saturated carbocycles. The number of aromatic amines is 1. The molecular weight excluding hydrogens is 347 g/mol. The molecule has 0 radical (unpaired) electrons. The Bertz CT molecular complexity index is 919. The first-order valence-electron chi connectivity index (χ1n) is 7.38. The maximum absolute atomic E-state index is 12.4. The highest BCUT2D eigenvalue weighted by molar-refractivity contribution is 6.44. The summed E-state index contributed by atoms with van der Waals surface area (Å²) in [6, 6.07) is 10.9. The van der Waals surface area contributed by atoms with Gasteiger partial charge in [-0.3, -0.25) is 4.79 Å². The van der Waals surface area contributed by atoms with Gasteiger partial charge < -0.3 is 15.0 Å². The zero-order valence-electron chi connectivity index (χ0n) is 13.2. The summed E-state index contributed by atoms with van der Waals surface area (Å²) in [6.07, 6.45) is 0.224. The van der Waals surface area contributed by atoms with E-state index >= 15 is 0 Å². The number of fused-ring (bicyclic) bond motifs is 1. The molecule has 0 spiro atoms. The van der Waals surface area contributed by atoms with E-state index in [1.807, 2.05) is 25.1 Å². The summed E-state index contributed by atoms with van der Waals surface area (Å²) in [5.41, 5.74) is 3.35. The molecule has 0 bridgehead atoms. The van der Waals surface area contributed by atoms with E-state index in [1.165, 1.54) is 0 Å². The van der Waals surface area contributed by atoms with Gasteiger partial charge in [0.05, 0.1) is 29.3 Å². The fourth-order valence-electron chi connectivity index (χ4n) is 2.67. The number of ether oxygens (including phenoxy) is 1. The van der Waals surface area contributed by atoms with Crippen LogP contribution in [0.25, 0.3) is 10.9 Å². The number of methoxy groups -OCH3 is 1. The van der Waals surface area contributed by atoms with Crippen molar-refractivity contribution in [3.05, 3.63) is 57.7 Å². The quantitative estimate of drug-likeness (QED) is 0.687. The third-order valence-corrected chi connectivity index (χ3v) is 4.71. The Morgan fingerprint density at radius 1 is 1.25 bits per heavy atom. The first-order chi connectivity index (χ1) is 11.5. The van der Waals surface area contributed by atoms with Crippen molar-refractivity contribution in [3.63, 3.8) is 0 Å². The van der Waals surface area contributed by atoms with Crippen LogP contribution in [0.4, 0.5) is 5.69 Å². The first kappa shape index (κ1) is 16.7. The highest BCUT2D eigenvalue weighted by Crippen LogP contribution is 2.30. The van der Waals surface area contributed by atoms with Gasteiger partial charge in [-0.15, -0.1) is 0 Å². The lowest BCUT2D eigenvalue weighted by atomic mass is 10.1. The Labute approximate surface area is 149 Å². The molecule has 1 aromatic heterocycles. The van der Waals surface area contributed by atoms with Gasteiger partial charge in [0.1, 0.15) is 5.75 Å². The summed E-state index contributed by atoms with van der Waals surface area (Å²) >= 11 is 12.1. The number of benzene rings is 2. The largest absolute Gasteiger partial charge is 0.497 e. The molecule has 0 fully saturated rings. The van der Waals surface area contributed by atoms with Gasteiger partial charge in [-0.2, -0.15) is 0 Å². The second-order valence-corrected chi connectivity index (χ2v) is 6.25. The minimum absolute atomic E-state index is 0.161. The zero-order valence-corrected chi connectivity index (χ0v) is 14.8. The van der Waals surface area contributed by atoms with Crippen LogP contribution in [0.15, 0.2) is 36.4 Å². The number of nitrogens with one attached hydrogen (secondary N) is 2. The SMILES string of the molecule is COc1ccc2[nH]c(C)c(CC(=O)Nc3cccc(Cl)c3Cl)c2c1. The number of hydrogen-bond acceptors (Lipinski definition) is 2. The summed E-state index contributed by atoms with van der Waals surface area (Å²) in [4.78, 5) is 15.7. The van der Waals surface area contributed by atoms with Gasteiger partial charge in [0.15, 0.2) is 0 Å². The lowest BCUT2D eigenvalue weighted by molar-refractivity contribution is -0.115. The molecule has 0 atom stereocenters. The summed E-state index contributed by atoms with van der Waals surface area (Å²) in [6.45, 7) is 1.95. The topological polar surface area (TPSA) is 54.1 Å². The average Bonchev–Trinajstić information content (AvgIpc) is 2.87. The summed E-state index contributed by atoms with van der Waals surface area (Å²) < 4.78 is 5.27. The molecule has 0 aliphatic rings. The summed E-state index contributed by atoms with van der Waals surface area (Å²) in [5, 5.41) is 4.52. The number of H-pyrrole nitrogens is 1. The number of rotatable bonds is 4. The van der Waals surface area contributed by atoms with E-state index < -0.39 is 0 Å². The van der Waals surface area contributed by atoms with E-state index in [1.54, 1.807) is 25.3 Å². The Morgan fingerprint density at radius 3 is 2.79 bits per heavy atom. The van der Waals surface area contributed by atoms with E-state index in [0.717, 1.165) is 27.9 Å². The van der Waals surface area contributed by atoms with Crippen molar-refractivity contribution in [1.29, 1.82) is 0 Å². The molecule has 124 valence electrons. The molecule has 0 aliphatic heterocycles. The maximum atomic E-state index is 12.4. The van der Waals surface area contributed by atoms with Crippen LogP contribution in [0, 0.1) is 6.92 Å². The molecule has 4 nitrogen and oxygen atoms in total. The Hall–Kier alpha value is -2.17. The number of halogens is 2. The molecule has 2 N–H and O–H groups in total. The van der Waals surface area contributed by atoms with E-state index in [2.05, 4.69) is 10.3 Å². The molecule has 1 heterocycles. The van der Waals surface area contributed by atoms with Crippen LogP contribution < -0.4 is 10.1 Å². The van der Waals surface area contributed by atoms with Gasteiger partial charge in [0.25, 0.3) is 0 Å². The van der Waals surface area contributed by atoms with Gasteiger partial charge in [-0.05, 0) is 42.8 Å². The van der Waals surface area contributed by atoms with Crippen LogP contribution in [0.2, 0.25) is 10.0 Å². The number of carbonyl (C=O) groups excluding carboxylic acids is 1. The van der Waals surface area contributed by atoms with E-state index in [4.69, 9.17) is 27.9 Å². The van der Waals surface area contributed by atoms with Crippen molar-refractivity contribution in [2.24, 2.45) is 0 Å². The maximum Gasteiger partial charge on any atom is 0.228 e. The van der Waals surface area contributed by atoms with Crippen LogP contribution >= 0.6 is 23.2 Å². The Balaban J connectivity index is 1.87. The lowest BCUT2D eigenvalue weighted by Crippen LogP contribution is -2.15. The second kappa shape index (κ2) is 6.75. The summed E-state index contributed by atoms with van der Waals surface area (Å²) in [5.74, 6) is 0.590. The van der Waals surface area contributed by atoms with Crippen LogP contribution in [-0.4, -0.2) is 18.0 Å². The average molecular weight is 363 g/mol. The number of anilines is 1. The normalized spacial score (nSPS) is 10.8. The molecule has 0 aliphatic carbocycles. The highest BCUT2D eigenvalue weighted by atomic mass is 35.5. The Morgan fingerprint density at radius 2 is 2.04 bits per heavy atom. The van der Waals surface area contributed by atoms with Crippen molar-refractivity contribution < 1.29 is 9.53 Å². The molecule has 0 saturated heterocycles. The predicted octanol–water partition coefficient (Wildman–Crippen LogP) is 4.97. The van der Waals surface area contributed by atoms with Crippen molar-refractivity contribution in [1.82, 2.24) is 4.98 Å². The zero-order chi connectivity index (χ0) is 17.3. The van der Waals surface area contributed by atoms with Crippen LogP contribution in [0.3, 0.4) is 0 Å². The molecule has 3 aromatic rings. The molecule has 2 aromatic carbocycles. The second-order valence-electron chi connectivity index (χ2n) is 5.47. The lowest BCUT2D eigenvalue weighted by Gasteiger charge is -2.08. The minimum atomic E-state index is -0.161. The number of aromatic nitrogens is 1. The highest BCUT2D eigenvalue weighted by Gasteiger charge is 2.15. The fraction of sp³-hybridized carbons (Fsp3) is 0.167. The number of hydrogen-bond donors (Lipinski definition) is 2. The van der Waals surface area contributed by atoms with Crippen LogP contribution in [0.1, 0.15) is 11.3 Å². The standard InChI is InChI=1S/C18H16Cl2N2O2/c1-10-12(13-8-11(24-2)6-7-15(13)21-10)9-17(23)22-16-5-3-4-14(19)18(16)20/h3-8,21H,9H2,1-2H3,(H,22,23). The van der Waals surface area contributed by atoms with Gasteiger partial charge in [0, 0.05) is 16.6 Å². The molecular formula is C18H16Cl2N2O2. The minimum Gasteiger partial charge on any atom is -0.497 e. The first-order valence-corrected chi connectivity index (χ1v) is 8.14. The Kier molecular flexibility index (Phi) is 4.69. The number of carbonyl (C=O) groups is 1. The van der Waals surface area contributed by atoms with Gasteiger partial charge in [-0.25, -0.2) is 0 Å². The van der Waals surface area contributed by atoms with Crippen LogP contribution in [-0.2, 0) is 11.2 Å². The van der Waals surface area contributed by atoms with Crippen molar-refractivity contribution >= 4 is 45.7 Å². The van der Waals surface area contributed by atoms with Crippen molar-refractivity contribution in [2.75, 3.05) is 12.4 Å².